The molecule has 3 aromatic carbocycles. The van der Waals surface area contributed by atoms with Gasteiger partial charge in [0.25, 0.3) is 0 Å². The number of fused-ring (bicyclic) bond motifs is 1. The molecule has 3 N–H and O–H groups in total. The molecule has 0 amide bonds. The number of hydrogen-bond acceptors (Lipinski definition) is 5. The molecule has 0 atom stereocenters. The monoisotopic (exact) mass is 540 g/mol. The van der Waals surface area contributed by atoms with Gasteiger partial charge in [-0.3, -0.25) is 4.90 Å². The van der Waals surface area contributed by atoms with Gasteiger partial charge in [-0.15, -0.1) is 0 Å². The lowest BCUT2D eigenvalue weighted by Crippen LogP contribution is -2.37. The van der Waals surface area contributed by atoms with Gasteiger partial charge in [0.2, 0.25) is 0 Å². The number of imidazole rings is 1. The highest BCUT2D eigenvalue weighted by molar-refractivity contribution is 5.80. The number of carboxylic acid groups (broad SMARTS) is 1. The third kappa shape index (κ3) is 8.38. The summed E-state index contributed by atoms with van der Waals surface area (Å²) in [6, 6.07) is 25.6. The fraction of sp³-hybridized carbons (Fsp3) is 0.310. The Labute approximate surface area is 224 Å². The molecule has 0 radical (unpaired) electrons. The Hall–Kier alpha value is -3.73. The normalized spacial score (nSPS) is 14.1. The number of aromatic amines is 1. The maximum absolute atomic E-state index is 10.6. The first-order chi connectivity index (χ1) is 18.8. The van der Waals surface area contributed by atoms with Crippen LogP contribution in [-0.2, 0) is 16.1 Å². The molecule has 1 saturated heterocycles. The summed E-state index contributed by atoms with van der Waals surface area (Å²) in [5.74, 6) is -1.85. The second-order valence-corrected chi connectivity index (χ2v) is 9.17. The van der Waals surface area contributed by atoms with Crippen LogP contribution in [0, 0.1) is 0 Å². The highest BCUT2D eigenvalue weighted by atomic mass is 19.4. The van der Waals surface area contributed by atoms with Crippen LogP contribution in [-0.4, -0.2) is 71.5 Å². The molecule has 0 bridgehead atoms. The van der Waals surface area contributed by atoms with Crippen molar-refractivity contribution in [2.45, 2.75) is 19.1 Å². The van der Waals surface area contributed by atoms with Gasteiger partial charge in [-0.25, -0.2) is 9.78 Å². The highest BCUT2D eigenvalue weighted by Crippen LogP contribution is 2.26. The largest absolute Gasteiger partial charge is 0.490 e. The number of carboxylic acids is 1. The van der Waals surface area contributed by atoms with Gasteiger partial charge in [0.05, 0.1) is 24.2 Å². The van der Waals surface area contributed by atoms with Gasteiger partial charge in [-0.1, -0.05) is 54.6 Å². The zero-order valence-corrected chi connectivity index (χ0v) is 21.4. The zero-order chi connectivity index (χ0) is 27.7. The molecule has 39 heavy (non-hydrogen) atoms. The molecular weight excluding hydrogens is 509 g/mol. The maximum atomic E-state index is 10.6. The van der Waals surface area contributed by atoms with Crippen LogP contribution in [0.5, 0.6) is 0 Å². The molecule has 5 rings (SSSR count). The van der Waals surface area contributed by atoms with E-state index in [0.717, 1.165) is 68.4 Å². The van der Waals surface area contributed by atoms with E-state index in [-0.39, 0.29) is 0 Å². The van der Waals surface area contributed by atoms with Crippen LogP contribution in [0.4, 0.5) is 13.2 Å². The third-order valence-electron chi connectivity index (χ3n) is 6.32. The number of para-hydroxylation sites is 2. The van der Waals surface area contributed by atoms with E-state index < -0.39 is 12.1 Å². The molecule has 4 aromatic rings. The number of H-pyrrole nitrogens is 1. The van der Waals surface area contributed by atoms with Crippen molar-refractivity contribution in [2.75, 3.05) is 39.4 Å². The van der Waals surface area contributed by atoms with Crippen molar-refractivity contribution >= 4 is 17.0 Å². The smallest absolute Gasteiger partial charge is 0.475 e. The first-order valence-corrected chi connectivity index (χ1v) is 12.7. The second-order valence-electron chi connectivity index (χ2n) is 9.17. The minimum absolute atomic E-state index is 0.876. The topological polar surface area (TPSA) is 90.5 Å². The summed E-state index contributed by atoms with van der Waals surface area (Å²) in [6.45, 7) is 6.98. The number of rotatable bonds is 8. The van der Waals surface area contributed by atoms with E-state index in [0.29, 0.717) is 0 Å². The highest BCUT2D eigenvalue weighted by Gasteiger charge is 2.38. The molecule has 1 aromatic heterocycles. The van der Waals surface area contributed by atoms with Crippen LogP contribution < -0.4 is 5.32 Å². The Morgan fingerprint density at radius 3 is 2.36 bits per heavy atom. The van der Waals surface area contributed by atoms with Crippen LogP contribution in [0.3, 0.4) is 0 Å². The van der Waals surface area contributed by atoms with Gasteiger partial charge in [0, 0.05) is 25.2 Å². The first kappa shape index (κ1) is 28.3. The van der Waals surface area contributed by atoms with Gasteiger partial charge in [-0.2, -0.15) is 13.2 Å². The second kappa shape index (κ2) is 13.4. The summed E-state index contributed by atoms with van der Waals surface area (Å²) in [6.07, 6.45) is -3.91. The number of ether oxygens (including phenoxy) is 1. The predicted octanol–water partition coefficient (Wildman–Crippen LogP) is 5.34. The number of aliphatic carboxylic acids is 1. The van der Waals surface area contributed by atoms with Crippen molar-refractivity contribution in [3.05, 3.63) is 78.4 Å². The van der Waals surface area contributed by atoms with Gasteiger partial charge < -0.3 is 20.1 Å². The summed E-state index contributed by atoms with van der Waals surface area (Å²) >= 11 is 0. The fourth-order valence-corrected chi connectivity index (χ4v) is 4.24. The van der Waals surface area contributed by atoms with E-state index in [2.05, 4.69) is 69.8 Å². The van der Waals surface area contributed by atoms with Crippen LogP contribution in [0.1, 0.15) is 12.0 Å². The molecule has 0 spiro atoms. The molecule has 206 valence electrons. The Bertz CT molecular complexity index is 1320. The minimum Gasteiger partial charge on any atom is -0.475 e. The van der Waals surface area contributed by atoms with E-state index in [1.807, 2.05) is 18.2 Å². The molecule has 1 fully saturated rings. The average Bonchev–Trinajstić information content (AvgIpc) is 3.38. The van der Waals surface area contributed by atoms with Gasteiger partial charge in [-0.05, 0) is 54.4 Å². The van der Waals surface area contributed by atoms with Crippen LogP contribution in [0.25, 0.3) is 33.5 Å². The van der Waals surface area contributed by atoms with Gasteiger partial charge >= 0.3 is 12.1 Å². The molecule has 10 heteroatoms. The van der Waals surface area contributed by atoms with Crippen LogP contribution >= 0.6 is 0 Å². The Morgan fingerprint density at radius 2 is 1.67 bits per heavy atom. The van der Waals surface area contributed by atoms with E-state index in [1.165, 1.54) is 23.1 Å². The molecule has 2 heterocycles. The standard InChI is InChI=1S/C27H30N4O.C2HF3O2/c1-2-8-26-25(7-1)29-27(30-26)24-6-3-5-23(19-24)22-11-9-21(10-12-22)20-28-13-4-14-31-15-17-32-18-16-31;3-2(4,5)1(6)7/h1-3,5-12,19,28H,4,13-18,20H2,(H,29,30);(H,6,7). The number of morpholine rings is 1. The summed E-state index contributed by atoms with van der Waals surface area (Å²) in [5.41, 5.74) is 6.90. The Balaban J connectivity index is 0.000000448. The summed E-state index contributed by atoms with van der Waals surface area (Å²) in [4.78, 5) is 19.5. The fourth-order valence-electron chi connectivity index (χ4n) is 4.24. The average molecular weight is 541 g/mol. The van der Waals surface area contributed by atoms with Crippen molar-refractivity contribution in [3.8, 4) is 22.5 Å². The number of benzene rings is 3. The summed E-state index contributed by atoms with van der Waals surface area (Å²) in [7, 11) is 0. The number of nitrogens with one attached hydrogen (secondary N) is 2. The van der Waals surface area contributed by atoms with Crippen molar-refractivity contribution in [3.63, 3.8) is 0 Å². The lowest BCUT2D eigenvalue weighted by Gasteiger charge is -2.26. The van der Waals surface area contributed by atoms with Crippen molar-refractivity contribution in [2.24, 2.45) is 0 Å². The van der Waals surface area contributed by atoms with Gasteiger partial charge in [0.1, 0.15) is 5.82 Å². The molecule has 0 aliphatic carbocycles. The molecule has 7 nitrogen and oxygen atoms in total. The van der Waals surface area contributed by atoms with Crippen molar-refractivity contribution in [1.29, 1.82) is 0 Å². The molecular formula is C29H31F3N4O3. The van der Waals surface area contributed by atoms with E-state index in [9.17, 15) is 13.2 Å². The van der Waals surface area contributed by atoms with Crippen LogP contribution in [0.2, 0.25) is 0 Å². The molecule has 1 aliphatic heterocycles. The summed E-state index contributed by atoms with van der Waals surface area (Å²) in [5, 5.41) is 10.7. The van der Waals surface area contributed by atoms with Crippen molar-refractivity contribution in [1.82, 2.24) is 20.2 Å². The van der Waals surface area contributed by atoms with Gasteiger partial charge in [0.15, 0.2) is 0 Å². The Kier molecular flexibility index (Phi) is 9.69. The number of carbonyl (C=O) groups is 1. The third-order valence-corrected chi connectivity index (χ3v) is 6.32. The predicted molar refractivity (Wildman–Crippen MR) is 144 cm³/mol. The van der Waals surface area contributed by atoms with E-state index >= 15 is 0 Å². The molecule has 0 unspecified atom stereocenters. The first-order valence-electron chi connectivity index (χ1n) is 12.7. The SMILES string of the molecule is O=C(O)C(F)(F)F.c1cc(-c2ccc(CNCCCN3CCOCC3)cc2)cc(-c2nc3ccccc3[nH]2)c1. The minimum atomic E-state index is -5.08. The molecule has 0 saturated carbocycles. The zero-order valence-electron chi connectivity index (χ0n) is 21.4. The van der Waals surface area contributed by atoms with E-state index in [4.69, 9.17) is 19.6 Å². The van der Waals surface area contributed by atoms with E-state index in [1.54, 1.807) is 0 Å². The number of aromatic nitrogens is 2. The Morgan fingerprint density at radius 1 is 0.974 bits per heavy atom. The quantitative estimate of drug-likeness (QED) is 0.262. The van der Waals surface area contributed by atoms with Crippen molar-refractivity contribution < 1.29 is 27.8 Å². The maximum Gasteiger partial charge on any atom is 0.490 e. The summed E-state index contributed by atoms with van der Waals surface area (Å²) < 4.78 is 37.1. The number of nitrogens with zero attached hydrogens (tertiary/aromatic N) is 2. The number of hydrogen-bond donors (Lipinski definition) is 3. The lowest BCUT2D eigenvalue weighted by molar-refractivity contribution is -0.192. The number of alkyl halides is 3. The lowest BCUT2D eigenvalue weighted by atomic mass is 10.0. The van der Waals surface area contributed by atoms with Crippen LogP contribution in [0.15, 0.2) is 72.8 Å². The molecule has 1 aliphatic rings. The number of halogens is 3.